The molecule has 140 valence electrons. The van der Waals surface area contributed by atoms with Crippen LogP contribution in [0.1, 0.15) is 26.2 Å². The van der Waals surface area contributed by atoms with E-state index in [0.29, 0.717) is 34.9 Å². The van der Waals surface area contributed by atoms with Crippen LogP contribution in [-0.4, -0.2) is 50.9 Å². The Labute approximate surface area is 157 Å². The number of hydrogen-bond acceptors (Lipinski definition) is 5. The van der Waals surface area contributed by atoms with Crippen molar-refractivity contribution < 1.29 is 9.90 Å². The van der Waals surface area contributed by atoms with Gasteiger partial charge in [-0.3, -0.25) is 14.2 Å². The Bertz CT molecular complexity index is 828. The minimum Gasteiger partial charge on any atom is -0.396 e. The summed E-state index contributed by atoms with van der Waals surface area (Å²) in [5, 5.41) is 10.2. The number of piperidine rings is 1. The SMILES string of the molecule is CC1CCN(C(=O)CSc2nc3ccccc3c(=O)n2CCCO)CC1. The van der Waals surface area contributed by atoms with Crippen molar-refractivity contribution in [3.63, 3.8) is 0 Å². The molecule has 2 heterocycles. The number of aromatic nitrogens is 2. The molecule has 2 aromatic rings. The first-order chi connectivity index (χ1) is 12.6. The number of thioether (sulfide) groups is 1. The number of carbonyl (C=O) groups is 1. The Balaban J connectivity index is 1.79. The van der Waals surface area contributed by atoms with Crippen LogP contribution in [0.2, 0.25) is 0 Å². The summed E-state index contributed by atoms with van der Waals surface area (Å²) in [5.74, 6) is 1.05. The molecule has 3 rings (SSSR count). The van der Waals surface area contributed by atoms with Crippen LogP contribution in [0, 0.1) is 5.92 Å². The van der Waals surface area contributed by atoms with E-state index in [-0.39, 0.29) is 23.8 Å². The molecular weight excluding hydrogens is 350 g/mol. The maximum Gasteiger partial charge on any atom is 0.262 e. The molecule has 6 nitrogen and oxygen atoms in total. The molecule has 1 aliphatic heterocycles. The second-order valence-corrected chi connectivity index (χ2v) is 7.74. The molecule has 1 fully saturated rings. The highest BCUT2D eigenvalue weighted by atomic mass is 32.2. The van der Waals surface area contributed by atoms with E-state index in [1.54, 1.807) is 10.6 Å². The monoisotopic (exact) mass is 375 g/mol. The molecule has 0 aliphatic carbocycles. The summed E-state index contributed by atoms with van der Waals surface area (Å²) in [6.45, 7) is 4.24. The second kappa shape index (κ2) is 8.68. The maximum atomic E-state index is 12.8. The Morgan fingerprint density at radius 1 is 1.31 bits per heavy atom. The van der Waals surface area contributed by atoms with Crippen molar-refractivity contribution in [2.24, 2.45) is 5.92 Å². The van der Waals surface area contributed by atoms with Gasteiger partial charge in [0.2, 0.25) is 5.91 Å². The van der Waals surface area contributed by atoms with Crippen LogP contribution in [0.25, 0.3) is 10.9 Å². The van der Waals surface area contributed by atoms with Crippen LogP contribution >= 0.6 is 11.8 Å². The molecule has 1 aliphatic rings. The average molecular weight is 375 g/mol. The van der Waals surface area contributed by atoms with E-state index in [0.717, 1.165) is 25.9 Å². The first-order valence-electron chi connectivity index (χ1n) is 9.11. The number of nitrogens with zero attached hydrogens (tertiary/aromatic N) is 3. The number of para-hydroxylation sites is 1. The summed E-state index contributed by atoms with van der Waals surface area (Å²) in [6, 6.07) is 7.23. The number of likely N-dealkylation sites (tertiary alicyclic amines) is 1. The van der Waals surface area contributed by atoms with Gasteiger partial charge in [0.1, 0.15) is 0 Å². The summed E-state index contributed by atoms with van der Waals surface area (Å²) in [7, 11) is 0. The minimum absolute atomic E-state index is 0.00820. The highest BCUT2D eigenvalue weighted by Crippen LogP contribution is 2.21. The highest BCUT2D eigenvalue weighted by Gasteiger charge is 2.21. The van der Waals surface area contributed by atoms with E-state index < -0.39 is 0 Å². The molecule has 0 atom stereocenters. The van der Waals surface area contributed by atoms with Gasteiger partial charge in [0, 0.05) is 26.2 Å². The zero-order chi connectivity index (χ0) is 18.5. The highest BCUT2D eigenvalue weighted by molar-refractivity contribution is 7.99. The minimum atomic E-state index is -0.120. The van der Waals surface area contributed by atoms with E-state index in [9.17, 15) is 9.59 Å². The molecule has 1 N–H and O–H groups in total. The summed E-state index contributed by atoms with van der Waals surface area (Å²) in [4.78, 5) is 31.8. The van der Waals surface area contributed by atoms with Gasteiger partial charge in [-0.05, 0) is 37.3 Å². The molecule has 1 aromatic heterocycles. The summed E-state index contributed by atoms with van der Waals surface area (Å²) >= 11 is 1.31. The predicted molar refractivity (Wildman–Crippen MR) is 103 cm³/mol. The number of carbonyl (C=O) groups excluding carboxylic acids is 1. The number of amides is 1. The number of aliphatic hydroxyl groups excluding tert-OH is 1. The van der Waals surface area contributed by atoms with Crippen molar-refractivity contribution in [3.8, 4) is 0 Å². The standard InChI is InChI=1S/C19H25N3O3S/c1-14-7-10-21(11-8-14)17(24)13-26-19-20-16-6-3-2-5-15(16)18(25)22(19)9-4-12-23/h2-3,5-6,14,23H,4,7-13H2,1H3. The molecule has 0 unspecified atom stereocenters. The van der Waals surface area contributed by atoms with Crippen LogP contribution in [-0.2, 0) is 11.3 Å². The number of hydrogen-bond donors (Lipinski definition) is 1. The Morgan fingerprint density at radius 2 is 2.04 bits per heavy atom. The molecule has 7 heteroatoms. The van der Waals surface area contributed by atoms with Crippen LogP contribution in [0.4, 0.5) is 0 Å². The quantitative estimate of drug-likeness (QED) is 0.618. The molecular formula is C19H25N3O3S. The normalized spacial score (nSPS) is 15.5. The van der Waals surface area contributed by atoms with E-state index >= 15 is 0 Å². The van der Waals surface area contributed by atoms with Crippen molar-refractivity contribution in [3.05, 3.63) is 34.6 Å². The summed E-state index contributed by atoms with van der Waals surface area (Å²) in [5.41, 5.74) is 0.519. The lowest BCUT2D eigenvalue weighted by Gasteiger charge is -2.30. The van der Waals surface area contributed by atoms with Crippen LogP contribution in [0.5, 0.6) is 0 Å². The predicted octanol–water partition coefficient (Wildman–Crippen LogP) is 2.13. The van der Waals surface area contributed by atoms with E-state index in [1.807, 2.05) is 23.1 Å². The van der Waals surface area contributed by atoms with Crippen molar-refractivity contribution in [1.29, 1.82) is 0 Å². The lowest BCUT2D eigenvalue weighted by Crippen LogP contribution is -2.39. The van der Waals surface area contributed by atoms with Crippen molar-refractivity contribution in [2.75, 3.05) is 25.4 Å². The largest absolute Gasteiger partial charge is 0.396 e. The van der Waals surface area contributed by atoms with Gasteiger partial charge in [0.15, 0.2) is 5.16 Å². The molecule has 1 aromatic carbocycles. The lowest BCUT2D eigenvalue weighted by atomic mass is 9.99. The average Bonchev–Trinajstić information content (AvgIpc) is 2.66. The number of aliphatic hydroxyl groups is 1. The van der Waals surface area contributed by atoms with E-state index in [1.165, 1.54) is 11.8 Å². The first-order valence-corrected chi connectivity index (χ1v) is 10.1. The van der Waals surface area contributed by atoms with Gasteiger partial charge >= 0.3 is 0 Å². The molecule has 0 spiro atoms. The van der Waals surface area contributed by atoms with Crippen LogP contribution < -0.4 is 5.56 Å². The summed E-state index contributed by atoms with van der Waals surface area (Å²) < 4.78 is 1.58. The fourth-order valence-corrected chi connectivity index (χ4v) is 4.09. The van der Waals surface area contributed by atoms with E-state index in [4.69, 9.17) is 5.11 Å². The number of benzene rings is 1. The third kappa shape index (κ3) is 4.27. The van der Waals surface area contributed by atoms with Gasteiger partial charge in [-0.2, -0.15) is 0 Å². The zero-order valence-electron chi connectivity index (χ0n) is 15.1. The van der Waals surface area contributed by atoms with E-state index in [2.05, 4.69) is 11.9 Å². The zero-order valence-corrected chi connectivity index (χ0v) is 15.9. The molecule has 0 bridgehead atoms. The Kier molecular flexibility index (Phi) is 6.32. The number of fused-ring (bicyclic) bond motifs is 1. The smallest absolute Gasteiger partial charge is 0.262 e. The van der Waals surface area contributed by atoms with Crippen LogP contribution in [0.3, 0.4) is 0 Å². The van der Waals surface area contributed by atoms with Gasteiger partial charge < -0.3 is 10.0 Å². The fourth-order valence-electron chi connectivity index (χ4n) is 3.16. The summed E-state index contributed by atoms with van der Waals surface area (Å²) in [6.07, 6.45) is 2.57. The topological polar surface area (TPSA) is 75.4 Å². The van der Waals surface area contributed by atoms with Gasteiger partial charge in [-0.1, -0.05) is 30.8 Å². The van der Waals surface area contributed by atoms with Crippen LogP contribution in [0.15, 0.2) is 34.2 Å². The molecule has 1 saturated heterocycles. The molecule has 0 saturated carbocycles. The lowest BCUT2D eigenvalue weighted by molar-refractivity contribution is -0.129. The molecule has 0 radical (unpaired) electrons. The maximum absolute atomic E-state index is 12.8. The number of rotatable bonds is 6. The molecule has 1 amide bonds. The fraction of sp³-hybridized carbons (Fsp3) is 0.526. The Morgan fingerprint density at radius 3 is 2.77 bits per heavy atom. The second-order valence-electron chi connectivity index (χ2n) is 6.80. The van der Waals surface area contributed by atoms with Crippen molar-refractivity contribution in [2.45, 2.75) is 37.9 Å². The first kappa shape index (κ1) is 18.9. The third-order valence-corrected chi connectivity index (χ3v) is 5.79. The molecule has 26 heavy (non-hydrogen) atoms. The van der Waals surface area contributed by atoms with Gasteiger partial charge in [-0.15, -0.1) is 0 Å². The van der Waals surface area contributed by atoms with Gasteiger partial charge in [0.05, 0.1) is 16.7 Å². The van der Waals surface area contributed by atoms with Gasteiger partial charge in [0.25, 0.3) is 5.56 Å². The van der Waals surface area contributed by atoms with Gasteiger partial charge in [-0.25, -0.2) is 4.98 Å². The third-order valence-electron chi connectivity index (χ3n) is 4.83. The Hall–Kier alpha value is -1.86. The van der Waals surface area contributed by atoms with Crippen molar-refractivity contribution >= 4 is 28.6 Å². The van der Waals surface area contributed by atoms with Crippen molar-refractivity contribution in [1.82, 2.24) is 14.5 Å².